The van der Waals surface area contributed by atoms with Crippen LogP contribution in [0.1, 0.15) is 37.3 Å². The zero-order chi connectivity index (χ0) is 19.4. The van der Waals surface area contributed by atoms with Crippen molar-refractivity contribution in [1.82, 2.24) is 14.5 Å². The summed E-state index contributed by atoms with van der Waals surface area (Å²) in [4.78, 5) is 7.81. The van der Waals surface area contributed by atoms with Gasteiger partial charge in [0.1, 0.15) is 0 Å². The molecule has 1 atom stereocenters. The van der Waals surface area contributed by atoms with Gasteiger partial charge in [-0.1, -0.05) is 19.9 Å². The van der Waals surface area contributed by atoms with E-state index in [0.717, 1.165) is 25.1 Å². The summed E-state index contributed by atoms with van der Waals surface area (Å²) in [6.45, 7) is 6.97. The fraction of sp³-hybridized carbons (Fsp3) is 0.632. The van der Waals surface area contributed by atoms with Crippen molar-refractivity contribution >= 4 is 21.2 Å². The molecule has 0 bridgehead atoms. The molecule has 2 aromatic heterocycles. The van der Waals surface area contributed by atoms with Crippen molar-refractivity contribution in [3.8, 4) is 0 Å². The van der Waals surface area contributed by atoms with Gasteiger partial charge in [-0.2, -0.15) is 0 Å². The second-order valence-corrected chi connectivity index (χ2v) is 10.7. The van der Waals surface area contributed by atoms with Gasteiger partial charge in [0.2, 0.25) is 15.0 Å². The summed E-state index contributed by atoms with van der Waals surface area (Å²) in [5, 5.41) is 2.26. The van der Waals surface area contributed by atoms with E-state index in [1.807, 2.05) is 17.7 Å². The van der Waals surface area contributed by atoms with Crippen LogP contribution in [0.15, 0.2) is 28.9 Å². The average molecular weight is 412 g/mol. The van der Waals surface area contributed by atoms with Crippen LogP contribution in [0.5, 0.6) is 0 Å². The Morgan fingerprint density at radius 2 is 2.22 bits per heavy atom. The summed E-state index contributed by atoms with van der Waals surface area (Å²) in [5.41, 5.74) is 0.939. The summed E-state index contributed by atoms with van der Waals surface area (Å²) in [7, 11) is -1.43. The second kappa shape index (κ2) is 8.86. The molecule has 1 aliphatic heterocycles. The lowest BCUT2D eigenvalue weighted by atomic mass is 10.2. The van der Waals surface area contributed by atoms with E-state index in [9.17, 15) is 8.42 Å². The molecule has 150 valence electrons. The lowest BCUT2D eigenvalue weighted by Gasteiger charge is -2.19. The van der Waals surface area contributed by atoms with Crippen LogP contribution in [0.3, 0.4) is 0 Å². The van der Waals surface area contributed by atoms with E-state index < -0.39 is 9.84 Å². The third-order valence-corrected chi connectivity index (χ3v) is 7.15. The maximum Gasteiger partial charge on any atom is 0.227 e. The minimum atomic E-state index is -3.47. The summed E-state index contributed by atoms with van der Waals surface area (Å²) in [5.74, 6) is 0.351. The van der Waals surface area contributed by atoms with Gasteiger partial charge in [0.25, 0.3) is 0 Å². The topological polar surface area (TPSA) is 64.4 Å². The summed E-state index contributed by atoms with van der Waals surface area (Å²) in [6, 6.07) is 4.16. The van der Waals surface area contributed by atoms with Crippen LogP contribution < -0.4 is 0 Å². The van der Waals surface area contributed by atoms with Crippen molar-refractivity contribution in [2.24, 2.45) is 5.92 Å². The van der Waals surface area contributed by atoms with Crippen molar-refractivity contribution < 1.29 is 13.2 Å². The third kappa shape index (κ3) is 5.40. The molecule has 0 aliphatic carbocycles. The Morgan fingerprint density at radius 3 is 2.85 bits per heavy atom. The fourth-order valence-corrected chi connectivity index (χ4v) is 5.85. The minimum absolute atomic E-state index is 0.0204. The smallest absolute Gasteiger partial charge is 0.227 e. The van der Waals surface area contributed by atoms with Gasteiger partial charge in [-0.25, -0.2) is 13.4 Å². The Kier molecular flexibility index (Phi) is 6.73. The van der Waals surface area contributed by atoms with Gasteiger partial charge >= 0.3 is 0 Å². The summed E-state index contributed by atoms with van der Waals surface area (Å²) >= 11 is 1.73. The first-order chi connectivity index (χ1) is 12.8. The molecule has 2 aromatic rings. The van der Waals surface area contributed by atoms with Crippen LogP contribution in [0.2, 0.25) is 0 Å². The number of imidazole rings is 1. The van der Waals surface area contributed by atoms with Crippen LogP contribution >= 0.6 is 11.3 Å². The highest BCUT2D eigenvalue weighted by molar-refractivity contribution is 7.91. The van der Waals surface area contributed by atoms with Gasteiger partial charge in [-0.05, 0) is 37.3 Å². The van der Waals surface area contributed by atoms with Crippen LogP contribution in [0, 0.1) is 5.92 Å². The number of nitrogens with zero attached hydrogens (tertiary/aromatic N) is 3. The fourth-order valence-electron chi connectivity index (χ4n) is 3.42. The molecule has 6 nitrogen and oxygen atoms in total. The number of thiophene rings is 1. The molecule has 0 radical (unpaired) electrons. The molecular formula is C19H29N3O3S2. The molecule has 0 N–H and O–H groups in total. The van der Waals surface area contributed by atoms with Crippen molar-refractivity contribution in [3.05, 3.63) is 34.3 Å². The number of hydrogen-bond donors (Lipinski definition) is 0. The standard InChI is InChI=1S/C19H29N3O3S2/c1-15(2)11-22-16(12-21(3)13-18-7-5-9-26-18)10-20-19(22)27(23,24)14-17-6-4-8-25-17/h5,7,9-10,15,17H,4,6,8,11-14H2,1-3H3. The number of rotatable bonds is 9. The van der Waals surface area contributed by atoms with Gasteiger partial charge in [0.05, 0.1) is 23.7 Å². The summed E-state index contributed by atoms with van der Waals surface area (Å²) < 4.78 is 33.4. The van der Waals surface area contributed by atoms with Crippen molar-refractivity contribution in [2.75, 3.05) is 19.4 Å². The molecule has 1 saturated heterocycles. The Balaban J connectivity index is 1.79. The lowest BCUT2D eigenvalue weighted by molar-refractivity contribution is 0.127. The predicted molar refractivity (Wildman–Crippen MR) is 108 cm³/mol. The van der Waals surface area contributed by atoms with Crippen LogP contribution in [0.25, 0.3) is 0 Å². The summed E-state index contributed by atoms with van der Waals surface area (Å²) in [6.07, 6.45) is 3.25. The number of ether oxygens (including phenoxy) is 1. The molecule has 1 aliphatic rings. The number of aromatic nitrogens is 2. The Bertz CT molecular complexity index is 823. The van der Waals surface area contributed by atoms with Gasteiger partial charge in [0.15, 0.2) is 0 Å². The van der Waals surface area contributed by atoms with Gasteiger partial charge in [-0.3, -0.25) is 4.90 Å². The highest BCUT2D eigenvalue weighted by Gasteiger charge is 2.29. The SMILES string of the molecule is CC(C)Cn1c(CN(C)Cc2cccs2)cnc1S(=O)(=O)CC1CCCO1. The maximum atomic E-state index is 13.0. The molecule has 0 spiro atoms. The molecule has 1 fully saturated rings. The third-order valence-electron chi connectivity index (χ3n) is 4.59. The first-order valence-electron chi connectivity index (χ1n) is 9.45. The van der Waals surface area contributed by atoms with E-state index in [1.165, 1.54) is 4.88 Å². The van der Waals surface area contributed by atoms with Crippen molar-refractivity contribution in [2.45, 2.75) is 57.6 Å². The van der Waals surface area contributed by atoms with Gasteiger partial charge in [0, 0.05) is 31.1 Å². The van der Waals surface area contributed by atoms with E-state index in [0.29, 0.717) is 25.6 Å². The molecule has 0 amide bonds. The average Bonchev–Trinajstić information content (AvgIpc) is 3.31. The van der Waals surface area contributed by atoms with E-state index in [4.69, 9.17) is 4.74 Å². The number of sulfone groups is 1. The van der Waals surface area contributed by atoms with E-state index >= 15 is 0 Å². The molecule has 27 heavy (non-hydrogen) atoms. The normalized spacial score (nSPS) is 18.0. The number of hydrogen-bond acceptors (Lipinski definition) is 6. The van der Waals surface area contributed by atoms with Gasteiger partial charge < -0.3 is 9.30 Å². The Labute approximate surface area is 166 Å². The monoisotopic (exact) mass is 411 g/mol. The van der Waals surface area contributed by atoms with E-state index in [1.54, 1.807) is 17.5 Å². The maximum absolute atomic E-state index is 13.0. The zero-order valence-corrected chi connectivity index (χ0v) is 17.9. The highest BCUT2D eigenvalue weighted by atomic mass is 32.2. The Hall–Kier alpha value is -1.22. The van der Waals surface area contributed by atoms with E-state index in [2.05, 4.69) is 35.2 Å². The molecule has 3 heterocycles. The first kappa shape index (κ1) is 20.5. The predicted octanol–water partition coefficient (Wildman–Crippen LogP) is 3.19. The quantitative estimate of drug-likeness (QED) is 0.634. The molecule has 0 saturated carbocycles. The largest absolute Gasteiger partial charge is 0.377 e. The molecular weight excluding hydrogens is 382 g/mol. The molecule has 8 heteroatoms. The van der Waals surface area contributed by atoms with Crippen molar-refractivity contribution in [3.63, 3.8) is 0 Å². The molecule has 1 unspecified atom stereocenters. The van der Waals surface area contributed by atoms with Crippen molar-refractivity contribution in [1.29, 1.82) is 0 Å². The van der Waals surface area contributed by atoms with Crippen LogP contribution in [0.4, 0.5) is 0 Å². The lowest BCUT2D eigenvalue weighted by Crippen LogP contribution is -2.25. The Morgan fingerprint density at radius 1 is 1.41 bits per heavy atom. The highest BCUT2D eigenvalue weighted by Crippen LogP contribution is 2.22. The second-order valence-electron chi connectivity index (χ2n) is 7.70. The van der Waals surface area contributed by atoms with Crippen LogP contribution in [-0.2, 0) is 34.2 Å². The molecule has 3 rings (SSSR count). The van der Waals surface area contributed by atoms with E-state index in [-0.39, 0.29) is 17.0 Å². The first-order valence-corrected chi connectivity index (χ1v) is 12.0. The zero-order valence-electron chi connectivity index (χ0n) is 16.3. The van der Waals surface area contributed by atoms with Gasteiger partial charge in [-0.15, -0.1) is 11.3 Å². The molecule has 0 aromatic carbocycles. The van der Waals surface area contributed by atoms with Crippen LogP contribution in [-0.4, -0.2) is 48.4 Å². The minimum Gasteiger partial charge on any atom is -0.377 e.